The summed E-state index contributed by atoms with van der Waals surface area (Å²) in [4.78, 5) is 26.6. The van der Waals surface area contributed by atoms with Crippen LogP contribution in [0.15, 0.2) is 29.2 Å². The number of nitrogens with zero attached hydrogens (tertiary/aromatic N) is 1. The summed E-state index contributed by atoms with van der Waals surface area (Å²) in [6, 6.07) is 8.40. The van der Waals surface area contributed by atoms with Crippen molar-refractivity contribution < 1.29 is 9.59 Å². The van der Waals surface area contributed by atoms with E-state index in [1.165, 1.54) is 10.5 Å². The summed E-state index contributed by atoms with van der Waals surface area (Å²) in [5.41, 5.74) is 6.48. The van der Waals surface area contributed by atoms with Crippen LogP contribution in [0.4, 0.5) is 4.79 Å². The summed E-state index contributed by atoms with van der Waals surface area (Å²) in [6.07, 6.45) is 3.11. The Bertz CT molecular complexity index is 585. The van der Waals surface area contributed by atoms with E-state index in [1.54, 1.807) is 0 Å². The van der Waals surface area contributed by atoms with Crippen LogP contribution in [0.3, 0.4) is 0 Å². The molecule has 3 amide bonds. The number of nitrogens with one attached hydrogen (secondary N) is 1. The summed E-state index contributed by atoms with van der Waals surface area (Å²) in [7, 11) is 0. The lowest BCUT2D eigenvalue weighted by Crippen LogP contribution is -2.46. The maximum Gasteiger partial charge on any atom is 0.317 e. The quantitative estimate of drug-likeness (QED) is 0.892. The number of rotatable bonds is 3. The molecule has 0 aromatic heterocycles. The van der Waals surface area contributed by atoms with Crippen LogP contribution in [0, 0.1) is 5.92 Å². The van der Waals surface area contributed by atoms with Crippen LogP contribution in [0.5, 0.6) is 0 Å². The van der Waals surface area contributed by atoms with Gasteiger partial charge in [0.15, 0.2) is 0 Å². The minimum Gasteiger partial charge on any atom is -0.370 e. The topological polar surface area (TPSA) is 75.4 Å². The van der Waals surface area contributed by atoms with Gasteiger partial charge in [0.1, 0.15) is 0 Å². The van der Waals surface area contributed by atoms with Gasteiger partial charge in [-0.1, -0.05) is 18.2 Å². The fraction of sp³-hybridized carbons (Fsp3) is 0.529. The molecule has 0 radical (unpaired) electrons. The van der Waals surface area contributed by atoms with Gasteiger partial charge >= 0.3 is 6.03 Å². The molecule has 23 heavy (non-hydrogen) atoms. The Morgan fingerprint density at radius 2 is 1.96 bits per heavy atom. The first-order valence-electron chi connectivity index (χ1n) is 8.19. The number of hydrogen-bond acceptors (Lipinski definition) is 3. The molecule has 2 aliphatic rings. The van der Waals surface area contributed by atoms with Gasteiger partial charge in [0.2, 0.25) is 5.91 Å². The molecule has 3 rings (SSSR count). The Hall–Kier alpha value is -1.69. The van der Waals surface area contributed by atoms with E-state index in [-0.39, 0.29) is 18.0 Å². The zero-order valence-electron chi connectivity index (χ0n) is 13.2. The van der Waals surface area contributed by atoms with Crippen LogP contribution in [0.2, 0.25) is 0 Å². The zero-order chi connectivity index (χ0) is 16.2. The van der Waals surface area contributed by atoms with E-state index < -0.39 is 0 Å². The number of carbonyl (C=O) groups excluding carboxylic acids is 2. The number of fused-ring (bicyclic) bond motifs is 1. The van der Waals surface area contributed by atoms with Crippen molar-refractivity contribution in [1.29, 1.82) is 0 Å². The fourth-order valence-corrected chi connectivity index (χ4v) is 4.48. The van der Waals surface area contributed by atoms with Gasteiger partial charge in [0.05, 0.1) is 6.04 Å². The van der Waals surface area contributed by atoms with Crippen LogP contribution in [0.25, 0.3) is 0 Å². The highest BCUT2D eigenvalue weighted by Crippen LogP contribution is 2.36. The van der Waals surface area contributed by atoms with Crippen molar-refractivity contribution in [3.05, 3.63) is 29.8 Å². The zero-order valence-corrected chi connectivity index (χ0v) is 14.0. The normalized spacial score (nSPS) is 21.6. The first kappa shape index (κ1) is 16.2. The highest BCUT2D eigenvalue weighted by Gasteiger charge is 2.27. The van der Waals surface area contributed by atoms with Crippen LogP contribution in [0.1, 0.15) is 37.3 Å². The van der Waals surface area contributed by atoms with E-state index in [2.05, 4.69) is 17.4 Å². The summed E-state index contributed by atoms with van der Waals surface area (Å²) in [5, 5.41) is 3.18. The molecule has 6 heteroatoms. The van der Waals surface area contributed by atoms with Crippen molar-refractivity contribution in [3.8, 4) is 0 Å². The van der Waals surface area contributed by atoms with Gasteiger partial charge < -0.3 is 16.0 Å². The molecule has 1 unspecified atom stereocenters. The van der Waals surface area contributed by atoms with E-state index in [0.717, 1.165) is 25.0 Å². The Balaban J connectivity index is 1.56. The first-order chi connectivity index (χ1) is 11.1. The average Bonchev–Trinajstić information content (AvgIpc) is 2.55. The van der Waals surface area contributed by atoms with Crippen LogP contribution >= 0.6 is 11.8 Å². The molecule has 1 fully saturated rings. The number of hydrogen-bond donors (Lipinski definition) is 2. The van der Waals surface area contributed by atoms with Crippen molar-refractivity contribution in [3.63, 3.8) is 0 Å². The average molecular weight is 333 g/mol. The van der Waals surface area contributed by atoms with Gasteiger partial charge in [-0.25, -0.2) is 4.79 Å². The summed E-state index contributed by atoms with van der Waals surface area (Å²) in [5.74, 6) is 1.11. The standard InChI is InChI=1S/C17H23N3O2S/c18-16(21)11-12-5-8-20(9-6-12)17(22)19-14-7-10-23-15-4-2-1-3-13(14)15/h1-4,12,14H,5-11H2,(H2,18,21)(H,19,22). The Kier molecular flexibility index (Phi) is 5.10. The third kappa shape index (κ3) is 3.99. The van der Waals surface area contributed by atoms with E-state index in [1.807, 2.05) is 28.8 Å². The van der Waals surface area contributed by atoms with E-state index in [0.29, 0.717) is 25.4 Å². The number of thioether (sulfide) groups is 1. The van der Waals surface area contributed by atoms with Crippen molar-refractivity contribution >= 4 is 23.7 Å². The molecule has 0 spiro atoms. The summed E-state index contributed by atoms with van der Waals surface area (Å²) < 4.78 is 0. The number of piperidine rings is 1. The molecule has 1 saturated heterocycles. The van der Waals surface area contributed by atoms with Crippen LogP contribution < -0.4 is 11.1 Å². The van der Waals surface area contributed by atoms with Gasteiger partial charge in [0, 0.05) is 30.2 Å². The van der Waals surface area contributed by atoms with E-state index >= 15 is 0 Å². The predicted molar refractivity (Wildman–Crippen MR) is 91.2 cm³/mol. The molecule has 5 nitrogen and oxygen atoms in total. The molecule has 2 aliphatic heterocycles. The Morgan fingerprint density at radius 1 is 1.22 bits per heavy atom. The molecule has 1 aromatic carbocycles. The lowest BCUT2D eigenvalue weighted by Gasteiger charge is -2.34. The van der Waals surface area contributed by atoms with Gasteiger partial charge in [-0.15, -0.1) is 11.8 Å². The SMILES string of the molecule is NC(=O)CC1CCN(C(=O)NC2CCSc3ccccc32)CC1. The van der Waals surface area contributed by atoms with Gasteiger partial charge in [-0.2, -0.15) is 0 Å². The molecular weight excluding hydrogens is 310 g/mol. The van der Waals surface area contributed by atoms with Crippen molar-refractivity contribution in [2.45, 2.75) is 36.6 Å². The highest BCUT2D eigenvalue weighted by atomic mass is 32.2. The van der Waals surface area contributed by atoms with Gasteiger partial charge in [-0.3, -0.25) is 4.79 Å². The summed E-state index contributed by atoms with van der Waals surface area (Å²) >= 11 is 1.85. The monoisotopic (exact) mass is 333 g/mol. The highest BCUT2D eigenvalue weighted by molar-refractivity contribution is 7.99. The van der Waals surface area contributed by atoms with Crippen LogP contribution in [-0.4, -0.2) is 35.7 Å². The molecule has 0 saturated carbocycles. The number of primary amides is 1. The predicted octanol–water partition coefficient (Wildman–Crippen LogP) is 2.52. The molecule has 3 N–H and O–H groups in total. The molecule has 0 bridgehead atoms. The Morgan fingerprint density at radius 3 is 2.70 bits per heavy atom. The minimum atomic E-state index is -0.246. The van der Waals surface area contributed by atoms with Crippen molar-refractivity contribution in [2.75, 3.05) is 18.8 Å². The lowest BCUT2D eigenvalue weighted by atomic mass is 9.93. The smallest absolute Gasteiger partial charge is 0.317 e. The maximum atomic E-state index is 12.5. The molecular formula is C17H23N3O2S. The molecule has 124 valence electrons. The number of urea groups is 1. The molecule has 1 atom stereocenters. The number of likely N-dealkylation sites (tertiary alicyclic amines) is 1. The second kappa shape index (κ2) is 7.25. The fourth-order valence-electron chi connectivity index (χ4n) is 3.36. The number of nitrogens with two attached hydrogens (primary N) is 1. The third-order valence-electron chi connectivity index (χ3n) is 4.65. The lowest BCUT2D eigenvalue weighted by molar-refractivity contribution is -0.119. The minimum absolute atomic E-state index is 0.00854. The van der Waals surface area contributed by atoms with Crippen LogP contribution in [-0.2, 0) is 4.79 Å². The van der Waals surface area contributed by atoms with Crippen molar-refractivity contribution in [1.82, 2.24) is 10.2 Å². The van der Waals surface area contributed by atoms with E-state index in [4.69, 9.17) is 5.73 Å². The van der Waals surface area contributed by atoms with Crippen molar-refractivity contribution in [2.24, 2.45) is 11.7 Å². The number of benzene rings is 1. The molecule has 0 aliphatic carbocycles. The maximum absolute atomic E-state index is 12.5. The second-order valence-corrected chi connectivity index (χ2v) is 7.41. The third-order valence-corrected chi connectivity index (χ3v) is 5.77. The Labute approximate surface area is 141 Å². The molecule has 1 aromatic rings. The number of amides is 3. The van der Waals surface area contributed by atoms with E-state index in [9.17, 15) is 9.59 Å². The largest absolute Gasteiger partial charge is 0.370 e. The van der Waals surface area contributed by atoms with Gasteiger partial charge in [0.25, 0.3) is 0 Å². The molecule has 2 heterocycles. The second-order valence-electron chi connectivity index (χ2n) is 6.28. The summed E-state index contributed by atoms with van der Waals surface area (Å²) in [6.45, 7) is 1.40. The first-order valence-corrected chi connectivity index (χ1v) is 9.17. The van der Waals surface area contributed by atoms with Gasteiger partial charge in [-0.05, 0) is 36.8 Å². The number of carbonyl (C=O) groups is 2.